The zero-order valence-electron chi connectivity index (χ0n) is 19.7. The van der Waals surface area contributed by atoms with E-state index in [4.69, 9.17) is 4.98 Å². The fourth-order valence-corrected chi connectivity index (χ4v) is 5.12. The molecule has 0 unspecified atom stereocenters. The van der Waals surface area contributed by atoms with Crippen LogP contribution in [0.2, 0.25) is 0 Å². The largest absolute Gasteiger partial charge is 0.338 e. The lowest BCUT2D eigenvalue weighted by atomic mass is 9.93. The van der Waals surface area contributed by atoms with Gasteiger partial charge >= 0.3 is 0 Å². The van der Waals surface area contributed by atoms with Crippen molar-refractivity contribution in [2.24, 2.45) is 0 Å². The summed E-state index contributed by atoms with van der Waals surface area (Å²) in [6.07, 6.45) is 3.55. The van der Waals surface area contributed by atoms with Gasteiger partial charge in [-0.2, -0.15) is 0 Å². The topological polar surface area (TPSA) is 53.5 Å². The molecule has 2 aromatic carbocycles. The Morgan fingerprint density at radius 2 is 1.85 bits per heavy atom. The van der Waals surface area contributed by atoms with Crippen LogP contribution < -0.4 is 0 Å². The van der Waals surface area contributed by atoms with Crippen molar-refractivity contribution in [1.82, 2.24) is 14.8 Å². The molecule has 2 fully saturated rings. The average molecular weight is 454 g/mol. The van der Waals surface area contributed by atoms with Crippen molar-refractivity contribution in [2.45, 2.75) is 45.1 Å². The Morgan fingerprint density at radius 1 is 1.00 bits per heavy atom. The van der Waals surface area contributed by atoms with Gasteiger partial charge in [0, 0.05) is 55.3 Å². The van der Waals surface area contributed by atoms with Crippen LogP contribution in [0.15, 0.2) is 66.7 Å². The highest BCUT2D eigenvalue weighted by molar-refractivity contribution is 5.94. The Morgan fingerprint density at radius 3 is 2.68 bits per heavy atom. The van der Waals surface area contributed by atoms with Crippen molar-refractivity contribution in [1.29, 1.82) is 0 Å². The number of hydrogen-bond acceptors (Lipinski definition) is 3. The molecule has 34 heavy (non-hydrogen) atoms. The summed E-state index contributed by atoms with van der Waals surface area (Å²) in [6.45, 7) is 4.92. The molecule has 5 heteroatoms. The Labute approximate surface area is 201 Å². The second kappa shape index (κ2) is 9.80. The third kappa shape index (κ3) is 4.89. The van der Waals surface area contributed by atoms with Crippen LogP contribution in [0, 0.1) is 6.92 Å². The number of aromatic nitrogens is 1. The van der Waals surface area contributed by atoms with E-state index in [1.165, 1.54) is 5.56 Å². The Balaban J connectivity index is 1.30. The lowest BCUT2D eigenvalue weighted by Gasteiger charge is -2.33. The number of carbonyl (C=O) groups excluding carboxylic acids is 2. The van der Waals surface area contributed by atoms with Crippen molar-refractivity contribution in [3.8, 4) is 11.3 Å². The molecule has 1 atom stereocenters. The van der Waals surface area contributed by atoms with Crippen molar-refractivity contribution in [2.75, 3.05) is 19.6 Å². The fraction of sp³-hybridized carbons (Fsp3) is 0.345. The van der Waals surface area contributed by atoms with Crippen LogP contribution in [0.4, 0.5) is 0 Å². The van der Waals surface area contributed by atoms with Crippen LogP contribution in [0.5, 0.6) is 0 Å². The lowest BCUT2D eigenvalue weighted by Crippen LogP contribution is -2.39. The molecule has 0 aliphatic carbocycles. The molecule has 2 aliphatic rings. The highest BCUT2D eigenvalue weighted by atomic mass is 16.2. The van der Waals surface area contributed by atoms with E-state index in [2.05, 4.69) is 49.4 Å². The standard InChI is InChI=1S/C29H31N3O2/c1-21-7-2-9-23(17-21)26-12-4-13-27(30-26)25-11-5-16-32(20-25)29(34)24-10-3-8-22(18-24)19-31-15-6-14-28(31)33/h2-4,7-10,12-13,17-18,25H,5-6,11,14-16,19-20H2,1H3/t25-/m1/s1. The first kappa shape index (κ1) is 22.3. The summed E-state index contributed by atoms with van der Waals surface area (Å²) in [5, 5.41) is 0. The predicted molar refractivity (Wildman–Crippen MR) is 133 cm³/mol. The van der Waals surface area contributed by atoms with E-state index < -0.39 is 0 Å². The van der Waals surface area contributed by atoms with Gasteiger partial charge in [0.2, 0.25) is 5.91 Å². The zero-order valence-corrected chi connectivity index (χ0v) is 19.7. The number of hydrogen-bond donors (Lipinski definition) is 0. The second-order valence-electron chi connectivity index (χ2n) is 9.53. The molecule has 1 aromatic heterocycles. The van der Waals surface area contributed by atoms with Crippen molar-refractivity contribution < 1.29 is 9.59 Å². The first-order valence-electron chi connectivity index (χ1n) is 12.3. The van der Waals surface area contributed by atoms with Crippen LogP contribution >= 0.6 is 0 Å². The molecule has 0 radical (unpaired) electrons. The first-order valence-corrected chi connectivity index (χ1v) is 12.3. The van der Waals surface area contributed by atoms with Crippen molar-refractivity contribution >= 4 is 11.8 Å². The molecule has 0 spiro atoms. The molecule has 0 saturated carbocycles. The highest BCUT2D eigenvalue weighted by Gasteiger charge is 2.27. The minimum atomic E-state index is 0.0640. The number of rotatable bonds is 5. The monoisotopic (exact) mass is 453 g/mol. The molecule has 0 bridgehead atoms. The molecule has 0 N–H and O–H groups in total. The number of nitrogens with zero attached hydrogens (tertiary/aromatic N) is 3. The van der Waals surface area contributed by atoms with Gasteiger partial charge in [-0.25, -0.2) is 0 Å². The van der Waals surface area contributed by atoms with E-state index in [1.807, 2.05) is 34.1 Å². The summed E-state index contributed by atoms with van der Waals surface area (Å²) in [5.74, 6) is 0.498. The Hall–Kier alpha value is -3.47. The summed E-state index contributed by atoms with van der Waals surface area (Å²) in [4.78, 5) is 34.2. The molecule has 2 saturated heterocycles. The van der Waals surface area contributed by atoms with E-state index in [0.29, 0.717) is 25.1 Å². The summed E-state index contributed by atoms with van der Waals surface area (Å²) in [7, 11) is 0. The van der Waals surface area contributed by atoms with Crippen LogP contribution in [0.25, 0.3) is 11.3 Å². The summed E-state index contributed by atoms with van der Waals surface area (Å²) < 4.78 is 0. The molecule has 5 rings (SSSR count). The molecule has 2 amide bonds. The maximum atomic E-state index is 13.4. The molecule has 5 nitrogen and oxygen atoms in total. The van der Waals surface area contributed by atoms with Gasteiger partial charge < -0.3 is 9.80 Å². The molecule has 2 aliphatic heterocycles. The van der Waals surface area contributed by atoms with Crippen molar-refractivity contribution in [3.63, 3.8) is 0 Å². The third-order valence-electron chi connectivity index (χ3n) is 6.93. The minimum Gasteiger partial charge on any atom is -0.338 e. The molecular formula is C29H31N3O2. The number of piperidine rings is 1. The van der Waals surface area contributed by atoms with Gasteiger partial charge in [0.25, 0.3) is 5.91 Å². The average Bonchev–Trinajstić information content (AvgIpc) is 3.28. The summed E-state index contributed by atoms with van der Waals surface area (Å²) >= 11 is 0. The number of benzene rings is 2. The van der Waals surface area contributed by atoms with E-state index in [-0.39, 0.29) is 17.7 Å². The Bertz CT molecular complexity index is 1210. The SMILES string of the molecule is Cc1cccc(-c2cccc([C@@H]3CCCN(C(=O)c4cccc(CN5CCCC5=O)c4)C3)n2)c1. The van der Waals surface area contributed by atoms with Crippen molar-refractivity contribution in [3.05, 3.63) is 89.1 Å². The number of pyridine rings is 1. The molecule has 3 aromatic rings. The first-order chi connectivity index (χ1) is 16.6. The predicted octanol–water partition coefficient (Wildman–Crippen LogP) is 5.20. The smallest absolute Gasteiger partial charge is 0.253 e. The van der Waals surface area contributed by atoms with E-state index in [9.17, 15) is 9.59 Å². The normalized spacial score (nSPS) is 18.4. The van der Waals surface area contributed by atoms with Crippen LogP contribution in [-0.4, -0.2) is 46.2 Å². The van der Waals surface area contributed by atoms with E-state index >= 15 is 0 Å². The molecule has 174 valence electrons. The van der Waals surface area contributed by atoms with Gasteiger partial charge in [0.1, 0.15) is 0 Å². The van der Waals surface area contributed by atoms with Gasteiger partial charge in [0.05, 0.1) is 5.69 Å². The molecular weight excluding hydrogens is 422 g/mol. The third-order valence-corrected chi connectivity index (χ3v) is 6.93. The quantitative estimate of drug-likeness (QED) is 0.534. The van der Waals surface area contributed by atoms with Crippen LogP contribution in [-0.2, 0) is 11.3 Å². The zero-order chi connectivity index (χ0) is 23.5. The summed E-state index contributed by atoms with van der Waals surface area (Å²) in [6, 6.07) is 22.4. The van der Waals surface area contributed by atoms with Gasteiger partial charge in [-0.15, -0.1) is 0 Å². The highest BCUT2D eigenvalue weighted by Crippen LogP contribution is 2.29. The van der Waals surface area contributed by atoms with Crippen LogP contribution in [0.1, 0.15) is 58.8 Å². The maximum Gasteiger partial charge on any atom is 0.253 e. The maximum absolute atomic E-state index is 13.4. The number of carbonyl (C=O) groups is 2. The summed E-state index contributed by atoms with van der Waals surface area (Å²) in [5.41, 5.74) is 6.09. The number of aryl methyl sites for hydroxylation is 1. The van der Waals surface area contributed by atoms with Gasteiger partial charge in [0.15, 0.2) is 0 Å². The molecule has 3 heterocycles. The fourth-order valence-electron chi connectivity index (χ4n) is 5.12. The number of likely N-dealkylation sites (tertiary alicyclic amines) is 2. The minimum absolute atomic E-state index is 0.0640. The van der Waals surface area contributed by atoms with Gasteiger partial charge in [-0.05, 0) is 62.1 Å². The lowest BCUT2D eigenvalue weighted by molar-refractivity contribution is -0.128. The van der Waals surface area contributed by atoms with E-state index in [1.54, 1.807) is 0 Å². The number of amides is 2. The van der Waals surface area contributed by atoms with Gasteiger partial charge in [-0.1, -0.05) is 42.0 Å². The van der Waals surface area contributed by atoms with Gasteiger partial charge in [-0.3, -0.25) is 14.6 Å². The Kier molecular flexibility index (Phi) is 6.43. The van der Waals surface area contributed by atoms with E-state index in [0.717, 1.165) is 54.9 Å². The van der Waals surface area contributed by atoms with Crippen LogP contribution in [0.3, 0.4) is 0 Å². The second-order valence-corrected chi connectivity index (χ2v) is 9.53.